The first-order chi connectivity index (χ1) is 14.2. The van der Waals surface area contributed by atoms with E-state index >= 15 is 8.63 Å². The van der Waals surface area contributed by atoms with Crippen LogP contribution in [-0.2, 0) is 6.42 Å². The molecule has 2 aliphatic rings. The lowest BCUT2D eigenvalue weighted by Crippen LogP contribution is -2.51. The van der Waals surface area contributed by atoms with Crippen LogP contribution in [0.2, 0.25) is 0 Å². The van der Waals surface area contributed by atoms with Crippen LogP contribution in [0, 0.1) is 13.8 Å². The van der Waals surface area contributed by atoms with E-state index in [9.17, 15) is 0 Å². The molecule has 0 spiro atoms. The maximum atomic E-state index is 16.1. The van der Waals surface area contributed by atoms with Crippen molar-refractivity contribution < 1.29 is 17.9 Å². The summed E-state index contributed by atoms with van der Waals surface area (Å²) in [7, 11) is 1.63. The van der Waals surface area contributed by atoms with Crippen LogP contribution in [0.15, 0.2) is 41.1 Å². The van der Waals surface area contributed by atoms with E-state index < -0.39 is 6.97 Å². The van der Waals surface area contributed by atoms with Gasteiger partial charge in [-0.05, 0) is 68.1 Å². The molecule has 2 aliphatic heterocycles. The summed E-state index contributed by atoms with van der Waals surface area (Å²) in [5, 5.41) is 0. The average molecular weight is 410 g/mol. The van der Waals surface area contributed by atoms with Crippen LogP contribution in [0.25, 0.3) is 5.57 Å². The maximum Gasteiger partial charge on any atom is 0.737 e. The number of ether oxygens (including phenoxy) is 1. The van der Waals surface area contributed by atoms with Crippen LogP contribution in [0.5, 0.6) is 5.75 Å². The average Bonchev–Trinajstić information content (AvgIpc) is 3.13. The number of fused-ring (bicyclic) bond motifs is 2. The lowest BCUT2D eigenvalue weighted by atomic mass is 9.83. The number of hydrogen-bond donors (Lipinski definition) is 0. The molecule has 6 heteroatoms. The highest BCUT2D eigenvalue weighted by Gasteiger charge is 2.56. The molecule has 1 aromatic heterocycles. The van der Waals surface area contributed by atoms with Gasteiger partial charge in [0.15, 0.2) is 5.70 Å². The van der Waals surface area contributed by atoms with Crippen LogP contribution in [0.1, 0.15) is 62.2 Å². The van der Waals surface area contributed by atoms with E-state index in [1.807, 2.05) is 65.8 Å². The normalized spacial score (nSPS) is 17.6. The molecule has 0 aliphatic carbocycles. The Morgan fingerprint density at radius 1 is 1.00 bits per heavy atom. The summed E-state index contributed by atoms with van der Waals surface area (Å²) in [5.41, 5.74) is 8.34. The molecule has 0 unspecified atom stereocenters. The number of hydrogen-bond acceptors (Lipinski definition) is 1. The molecule has 158 valence electrons. The zero-order valence-corrected chi connectivity index (χ0v) is 18.9. The predicted octanol–water partition coefficient (Wildman–Crippen LogP) is 5.89. The van der Waals surface area contributed by atoms with Gasteiger partial charge in [0.2, 0.25) is 0 Å². The Labute approximate surface area is 177 Å². The Kier molecular flexibility index (Phi) is 4.79. The number of benzene rings is 1. The van der Waals surface area contributed by atoms with Crippen molar-refractivity contribution in [3.63, 3.8) is 0 Å². The zero-order chi connectivity index (χ0) is 22.0. The summed E-state index contributed by atoms with van der Waals surface area (Å²) < 4.78 is 40.2. The molecular formula is C24H29BF2N2O. The number of allylic oxidation sites excluding steroid dienone is 2. The van der Waals surface area contributed by atoms with Gasteiger partial charge in [-0.25, -0.2) is 0 Å². The molecule has 2 aromatic rings. The first kappa shape index (κ1) is 20.6. The van der Waals surface area contributed by atoms with Crippen molar-refractivity contribution >= 4 is 18.3 Å². The predicted molar refractivity (Wildman–Crippen MR) is 120 cm³/mol. The number of rotatable bonds is 4. The lowest BCUT2D eigenvalue weighted by molar-refractivity contribution is -0.363. The number of aromatic nitrogens is 1. The number of nitrogens with zero attached hydrogens (tertiary/aromatic N) is 2. The smallest absolute Gasteiger partial charge is 0.497 e. The molecule has 4 rings (SSSR count). The van der Waals surface area contributed by atoms with Gasteiger partial charge in [-0.15, -0.1) is 0 Å². The van der Waals surface area contributed by atoms with E-state index in [-0.39, 0.29) is 0 Å². The molecule has 30 heavy (non-hydrogen) atoms. The molecule has 0 atom stereocenters. The van der Waals surface area contributed by atoms with Crippen LogP contribution < -0.4 is 4.74 Å². The second-order valence-corrected chi connectivity index (χ2v) is 8.21. The van der Waals surface area contributed by atoms with Crippen LogP contribution >= 0.6 is 0 Å². The molecule has 1 aromatic carbocycles. The van der Waals surface area contributed by atoms with Gasteiger partial charge in [-0.3, -0.25) is 0 Å². The first-order valence-electron chi connectivity index (χ1n) is 10.7. The third-order valence-corrected chi connectivity index (χ3v) is 6.87. The topological polar surface area (TPSA) is 17.2 Å². The fourth-order valence-electron chi connectivity index (χ4n) is 5.51. The number of methoxy groups -OCH3 is 1. The van der Waals surface area contributed by atoms with E-state index in [0.29, 0.717) is 22.8 Å². The molecule has 0 saturated heterocycles. The quantitative estimate of drug-likeness (QED) is 0.575. The summed E-state index contributed by atoms with van der Waals surface area (Å²) in [4.78, 5) is 0. The lowest BCUT2D eigenvalue weighted by Gasteiger charge is -2.34. The summed E-state index contributed by atoms with van der Waals surface area (Å²) in [6, 6.07) is 7.74. The van der Waals surface area contributed by atoms with Gasteiger partial charge in [0.05, 0.1) is 12.7 Å². The second kappa shape index (κ2) is 6.97. The summed E-state index contributed by atoms with van der Waals surface area (Å²) >= 11 is 0. The zero-order valence-electron chi connectivity index (χ0n) is 18.9. The van der Waals surface area contributed by atoms with Crippen molar-refractivity contribution in [1.82, 2.24) is 4.48 Å². The highest BCUT2D eigenvalue weighted by Crippen LogP contribution is 2.47. The minimum absolute atomic E-state index is 0.648. The van der Waals surface area contributed by atoms with Crippen molar-refractivity contribution in [3.05, 3.63) is 69.2 Å². The minimum Gasteiger partial charge on any atom is -0.497 e. The molecule has 0 fully saturated rings. The van der Waals surface area contributed by atoms with Gasteiger partial charge in [-0.1, -0.05) is 26.0 Å². The minimum atomic E-state index is -3.98. The first-order valence-corrected chi connectivity index (χ1v) is 10.7. The van der Waals surface area contributed by atoms with E-state index in [1.165, 1.54) is 8.96 Å². The van der Waals surface area contributed by atoms with E-state index in [4.69, 9.17) is 4.74 Å². The maximum absolute atomic E-state index is 16.1. The Morgan fingerprint density at radius 2 is 1.63 bits per heavy atom. The van der Waals surface area contributed by atoms with Crippen molar-refractivity contribution in [2.45, 2.75) is 54.4 Å². The van der Waals surface area contributed by atoms with Gasteiger partial charge in [0.25, 0.3) is 0 Å². The Balaban J connectivity index is 2.18. The van der Waals surface area contributed by atoms with E-state index in [2.05, 4.69) is 0 Å². The Morgan fingerprint density at radius 3 is 2.17 bits per heavy atom. The van der Waals surface area contributed by atoms with Crippen LogP contribution in [-0.4, -0.2) is 28.8 Å². The number of halogens is 2. The van der Waals surface area contributed by atoms with Crippen molar-refractivity contribution in [2.24, 2.45) is 0 Å². The molecule has 3 heterocycles. The summed E-state index contributed by atoms with van der Waals surface area (Å²) in [6.45, 7) is 7.70. The fraction of sp³-hybridized carbons (Fsp3) is 0.375. The van der Waals surface area contributed by atoms with Crippen molar-refractivity contribution in [2.75, 3.05) is 7.11 Å². The fourth-order valence-corrected chi connectivity index (χ4v) is 5.51. The molecule has 0 amide bonds. The highest BCUT2D eigenvalue weighted by molar-refractivity contribution is 6.58. The van der Waals surface area contributed by atoms with Gasteiger partial charge in [0.1, 0.15) is 11.5 Å². The van der Waals surface area contributed by atoms with Gasteiger partial charge in [-0.2, -0.15) is 0 Å². The summed E-state index contributed by atoms with van der Waals surface area (Å²) in [5.74, 6) is 0.750. The molecule has 0 bridgehead atoms. The van der Waals surface area contributed by atoms with E-state index in [1.54, 1.807) is 7.11 Å². The molecule has 0 radical (unpaired) electrons. The van der Waals surface area contributed by atoms with Gasteiger partial charge < -0.3 is 22.3 Å². The van der Waals surface area contributed by atoms with Crippen molar-refractivity contribution in [3.8, 4) is 5.75 Å². The van der Waals surface area contributed by atoms with Gasteiger partial charge >= 0.3 is 6.97 Å². The molecule has 0 saturated carbocycles. The highest BCUT2D eigenvalue weighted by atomic mass is 19.2. The SMILES string of the molecule is CCC1=C(C)C2=C(c3ccc(OC)cc3)c3c(C)c(CC)c(C)n3[B-](F)(F)[N+]2=C1C. The van der Waals surface area contributed by atoms with Crippen LogP contribution in [0.3, 0.4) is 0 Å². The second-order valence-electron chi connectivity index (χ2n) is 8.21. The van der Waals surface area contributed by atoms with Crippen molar-refractivity contribution in [1.29, 1.82) is 0 Å². The van der Waals surface area contributed by atoms with E-state index in [0.717, 1.165) is 52.0 Å². The molecule has 3 nitrogen and oxygen atoms in total. The standard InChI is InChI=1S/C24H29BF2N2O/c1-8-20-14(3)23-22(18-10-12-19(30-7)13-11-18)24-15(4)21(9-2)17(6)29(24)25(26,27)28(23)16(20)5/h10-13H,8-9H2,1-7H3. The third kappa shape index (κ3) is 2.52. The third-order valence-electron chi connectivity index (χ3n) is 6.87. The Bertz CT molecular complexity index is 1150. The largest absolute Gasteiger partial charge is 0.737 e. The van der Waals surface area contributed by atoms with Gasteiger partial charge in [0, 0.05) is 23.8 Å². The monoisotopic (exact) mass is 410 g/mol. The molecular weight excluding hydrogens is 381 g/mol. The van der Waals surface area contributed by atoms with Crippen LogP contribution in [0.4, 0.5) is 8.63 Å². The molecule has 0 N–H and O–H groups in total. The Hall–Kier alpha value is -2.63. The summed E-state index contributed by atoms with van der Waals surface area (Å²) in [6.07, 6.45) is 1.46.